The lowest BCUT2D eigenvalue weighted by Gasteiger charge is -2.29. The summed E-state index contributed by atoms with van der Waals surface area (Å²) in [5, 5.41) is 4.30. The zero-order valence-electron chi connectivity index (χ0n) is 26.6. The fourth-order valence-electron chi connectivity index (χ4n) is 7.74. The lowest BCUT2D eigenvalue weighted by Crippen LogP contribution is -2.16. The van der Waals surface area contributed by atoms with E-state index in [1.54, 1.807) is 0 Å². The molecule has 4 heteroatoms. The zero-order valence-corrected chi connectivity index (χ0v) is 26.6. The van der Waals surface area contributed by atoms with Gasteiger partial charge in [-0.05, 0) is 89.0 Å². The van der Waals surface area contributed by atoms with Gasteiger partial charge in [0.1, 0.15) is 16.7 Å². The summed E-state index contributed by atoms with van der Waals surface area (Å²) in [6, 6.07) is 51.3. The molecule has 228 valence electrons. The standard InChI is InChI=1S/C44H30N2O2/c1-44(2)36-16-8-6-13-30(36)31-21-19-29(26-37(31)44)46(28-20-24-41-35(25-28)33-14-7-9-18-40(33)47-41)39-17-10-15-34-32(39)22-23-38-42(34)48-43(45-38)27-11-4-3-5-12-27/h3-26H,1-2H3. The summed E-state index contributed by atoms with van der Waals surface area (Å²) >= 11 is 0. The Labute approximate surface area is 277 Å². The maximum absolute atomic E-state index is 6.49. The summed E-state index contributed by atoms with van der Waals surface area (Å²) in [5.74, 6) is 0.623. The largest absolute Gasteiger partial charge is 0.456 e. The molecule has 0 unspecified atom stereocenters. The minimum absolute atomic E-state index is 0.128. The second-order valence-corrected chi connectivity index (χ2v) is 13.2. The molecule has 0 aliphatic heterocycles. The molecule has 0 N–H and O–H groups in total. The number of hydrogen-bond acceptors (Lipinski definition) is 4. The van der Waals surface area contributed by atoms with Gasteiger partial charge in [0.05, 0.1) is 5.69 Å². The minimum atomic E-state index is -0.128. The van der Waals surface area contributed by atoms with Crippen molar-refractivity contribution in [2.45, 2.75) is 19.3 Å². The Kier molecular flexibility index (Phi) is 5.59. The Morgan fingerprint density at radius 1 is 0.521 bits per heavy atom. The van der Waals surface area contributed by atoms with Gasteiger partial charge in [-0.3, -0.25) is 0 Å². The van der Waals surface area contributed by atoms with Gasteiger partial charge in [0.15, 0.2) is 5.58 Å². The van der Waals surface area contributed by atoms with Gasteiger partial charge in [0, 0.05) is 43.9 Å². The van der Waals surface area contributed by atoms with Gasteiger partial charge in [-0.25, -0.2) is 4.98 Å². The van der Waals surface area contributed by atoms with Crippen molar-refractivity contribution in [2.75, 3.05) is 4.90 Å². The molecule has 0 saturated heterocycles. The second kappa shape index (κ2) is 9.93. The number of aromatic nitrogens is 1. The van der Waals surface area contributed by atoms with Crippen LogP contribution in [0.2, 0.25) is 0 Å². The molecule has 0 atom stereocenters. The maximum Gasteiger partial charge on any atom is 0.227 e. The number of fused-ring (bicyclic) bond motifs is 9. The Bertz CT molecular complexity index is 2720. The van der Waals surface area contributed by atoms with Crippen LogP contribution in [0, 0.1) is 0 Å². The third-order valence-corrected chi connectivity index (χ3v) is 10.1. The van der Waals surface area contributed by atoms with Crippen LogP contribution in [0.15, 0.2) is 154 Å². The van der Waals surface area contributed by atoms with Crippen molar-refractivity contribution in [1.82, 2.24) is 4.98 Å². The number of furan rings is 1. The first-order chi connectivity index (χ1) is 23.5. The molecule has 0 saturated carbocycles. The molecular formula is C44H30N2O2. The number of para-hydroxylation sites is 1. The Morgan fingerprint density at radius 2 is 1.25 bits per heavy atom. The van der Waals surface area contributed by atoms with Crippen molar-refractivity contribution in [3.05, 3.63) is 157 Å². The van der Waals surface area contributed by atoms with Gasteiger partial charge in [0.25, 0.3) is 0 Å². The van der Waals surface area contributed by atoms with Gasteiger partial charge in [-0.15, -0.1) is 0 Å². The van der Waals surface area contributed by atoms with E-state index in [1.165, 1.54) is 22.3 Å². The van der Waals surface area contributed by atoms with Crippen LogP contribution in [0.1, 0.15) is 25.0 Å². The molecule has 48 heavy (non-hydrogen) atoms. The van der Waals surface area contributed by atoms with Crippen molar-refractivity contribution < 1.29 is 8.83 Å². The number of hydrogen-bond donors (Lipinski definition) is 0. The first-order valence-electron chi connectivity index (χ1n) is 16.4. The second-order valence-electron chi connectivity index (χ2n) is 13.2. The van der Waals surface area contributed by atoms with E-state index in [9.17, 15) is 0 Å². The van der Waals surface area contributed by atoms with Gasteiger partial charge < -0.3 is 13.7 Å². The zero-order chi connectivity index (χ0) is 32.0. The summed E-state index contributed by atoms with van der Waals surface area (Å²) in [4.78, 5) is 7.24. The van der Waals surface area contributed by atoms with Crippen LogP contribution >= 0.6 is 0 Å². The molecule has 4 nitrogen and oxygen atoms in total. The molecule has 9 aromatic rings. The highest BCUT2D eigenvalue weighted by Gasteiger charge is 2.36. The van der Waals surface area contributed by atoms with Crippen molar-refractivity contribution in [3.8, 4) is 22.6 Å². The lowest BCUT2D eigenvalue weighted by atomic mass is 9.82. The normalized spacial score (nSPS) is 13.4. The molecule has 0 bridgehead atoms. The number of rotatable bonds is 4. The third kappa shape index (κ3) is 3.86. The molecular weight excluding hydrogens is 588 g/mol. The van der Waals surface area contributed by atoms with E-state index in [2.05, 4.69) is 122 Å². The molecule has 2 aromatic heterocycles. The molecule has 10 rings (SSSR count). The fourth-order valence-corrected chi connectivity index (χ4v) is 7.74. The summed E-state index contributed by atoms with van der Waals surface area (Å²) in [5.41, 5.74) is 12.7. The maximum atomic E-state index is 6.49. The van der Waals surface area contributed by atoms with E-state index in [0.717, 1.165) is 66.4 Å². The topological polar surface area (TPSA) is 42.4 Å². The summed E-state index contributed by atoms with van der Waals surface area (Å²) in [7, 11) is 0. The number of nitrogens with zero attached hydrogens (tertiary/aromatic N) is 2. The molecule has 0 fully saturated rings. The van der Waals surface area contributed by atoms with Crippen LogP contribution in [-0.4, -0.2) is 4.98 Å². The predicted molar refractivity (Wildman–Crippen MR) is 196 cm³/mol. The first-order valence-corrected chi connectivity index (χ1v) is 16.4. The van der Waals surface area contributed by atoms with E-state index in [-0.39, 0.29) is 5.41 Å². The average molecular weight is 619 g/mol. The molecule has 1 aliphatic carbocycles. The number of benzene rings is 7. The summed E-state index contributed by atoms with van der Waals surface area (Å²) in [6.45, 7) is 4.66. The van der Waals surface area contributed by atoms with Crippen LogP contribution in [0.5, 0.6) is 0 Å². The smallest absolute Gasteiger partial charge is 0.227 e. The highest BCUT2D eigenvalue weighted by atomic mass is 16.3. The van der Waals surface area contributed by atoms with E-state index < -0.39 is 0 Å². The molecule has 7 aromatic carbocycles. The van der Waals surface area contributed by atoms with Crippen LogP contribution in [0.3, 0.4) is 0 Å². The van der Waals surface area contributed by atoms with Crippen molar-refractivity contribution >= 4 is 60.9 Å². The van der Waals surface area contributed by atoms with Crippen molar-refractivity contribution in [3.63, 3.8) is 0 Å². The van der Waals surface area contributed by atoms with Crippen molar-refractivity contribution in [1.29, 1.82) is 0 Å². The van der Waals surface area contributed by atoms with Gasteiger partial charge >= 0.3 is 0 Å². The van der Waals surface area contributed by atoms with E-state index in [0.29, 0.717) is 5.89 Å². The van der Waals surface area contributed by atoms with Gasteiger partial charge in [-0.2, -0.15) is 0 Å². The molecule has 2 heterocycles. The monoisotopic (exact) mass is 618 g/mol. The minimum Gasteiger partial charge on any atom is -0.456 e. The highest BCUT2D eigenvalue weighted by molar-refractivity contribution is 6.11. The first kappa shape index (κ1) is 27.0. The predicted octanol–water partition coefficient (Wildman–Crippen LogP) is 12.3. The Balaban J connectivity index is 1.22. The molecule has 0 spiro atoms. The van der Waals surface area contributed by atoms with Gasteiger partial charge in [-0.1, -0.05) is 92.7 Å². The average Bonchev–Trinajstić information content (AvgIpc) is 3.80. The van der Waals surface area contributed by atoms with E-state index in [4.69, 9.17) is 13.8 Å². The summed E-state index contributed by atoms with van der Waals surface area (Å²) in [6.07, 6.45) is 0. The number of anilines is 3. The van der Waals surface area contributed by atoms with Crippen LogP contribution in [0.25, 0.3) is 66.4 Å². The van der Waals surface area contributed by atoms with E-state index in [1.807, 2.05) is 42.5 Å². The molecule has 0 amide bonds. The fraction of sp³-hybridized carbons (Fsp3) is 0.0682. The Morgan fingerprint density at radius 3 is 2.17 bits per heavy atom. The Hall–Kier alpha value is -6.13. The third-order valence-electron chi connectivity index (χ3n) is 10.1. The number of oxazole rings is 1. The van der Waals surface area contributed by atoms with E-state index >= 15 is 0 Å². The lowest BCUT2D eigenvalue weighted by molar-refractivity contribution is 0.623. The highest BCUT2D eigenvalue weighted by Crippen LogP contribution is 2.51. The quantitative estimate of drug-likeness (QED) is 0.197. The molecule has 1 aliphatic rings. The van der Waals surface area contributed by atoms with Crippen LogP contribution in [0.4, 0.5) is 17.1 Å². The van der Waals surface area contributed by atoms with Crippen LogP contribution in [-0.2, 0) is 5.41 Å². The van der Waals surface area contributed by atoms with Crippen LogP contribution < -0.4 is 4.90 Å². The van der Waals surface area contributed by atoms with Gasteiger partial charge in [0.2, 0.25) is 5.89 Å². The SMILES string of the molecule is CC1(C)c2ccccc2-c2ccc(N(c3ccc4oc5ccccc5c4c3)c3cccc4c3ccc3nc(-c5ccccc5)oc34)cc21. The summed E-state index contributed by atoms with van der Waals surface area (Å²) < 4.78 is 12.7. The molecule has 0 radical (unpaired) electrons. The van der Waals surface area contributed by atoms with Crippen molar-refractivity contribution in [2.24, 2.45) is 0 Å².